The Morgan fingerprint density at radius 1 is 0.889 bits per heavy atom. The zero-order valence-corrected chi connectivity index (χ0v) is 19.1. The molecule has 0 fully saturated rings. The van der Waals surface area contributed by atoms with Gasteiger partial charge in [-0.05, 0) is 55.3 Å². The molecule has 0 aliphatic rings. The Balaban J connectivity index is 3.94. The molecule has 0 aromatic heterocycles. The average Bonchev–Trinajstić information content (AvgIpc) is 2.55. The first kappa shape index (κ1) is 26.3. The number of hydrogen-bond acceptors (Lipinski definition) is 3. The van der Waals surface area contributed by atoms with Crippen LogP contribution in [0.2, 0.25) is 0 Å². The van der Waals surface area contributed by atoms with Crippen LogP contribution < -0.4 is 0 Å². The van der Waals surface area contributed by atoms with Crippen molar-refractivity contribution in [2.75, 3.05) is 0 Å². The Labute approximate surface area is 168 Å². The number of carbonyl (C=O) groups is 2. The summed E-state index contributed by atoms with van der Waals surface area (Å²) in [6.45, 7) is 15.0. The van der Waals surface area contributed by atoms with Crippen LogP contribution in [0.15, 0.2) is 0 Å². The molecule has 3 unspecified atom stereocenters. The number of Topliss-reactive ketones (excluding diaryl/α,β-unsaturated/α-hetero) is 1. The van der Waals surface area contributed by atoms with Gasteiger partial charge in [0.1, 0.15) is 12.1 Å². The van der Waals surface area contributed by atoms with Crippen LogP contribution in [0.4, 0.5) is 0 Å². The van der Waals surface area contributed by atoms with Crippen molar-refractivity contribution in [3.63, 3.8) is 0 Å². The molecule has 0 spiro atoms. The Hall–Kier alpha value is -0.700. The van der Waals surface area contributed by atoms with E-state index in [9.17, 15) is 14.7 Å². The Kier molecular flexibility index (Phi) is 12.4. The van der Waals surface area contributed by atoms with Crippen LogP contribution in [0.1, 0.15) is 113 Å². The second-order valence-electron chi connectivity index (χ2n) is 10.2. The Morgan fingerprint density at radius 3 is 1.74 bits per heavy atom. The van der Waals surface area contributed by atoms with Gasteiger partial charge >= 0.3 is 0 Å². The molecule has 0 heterocycles. The molecule has 0 aromatic rings. The van der Waals surface area contributed by atoms with Crippen molar-refractivity contribution >= 4 is 12.1 Å². The topological polar surface area (TPSA) is 54.4 Å². The van der Waals surface area contributed by atoms with Gasteiger partial charge in [0.05, 0.1) is 6.10 Å². The Morgan fingerprint density at radius 2 is 1.33 bits per heavy atom. The smallest absolute Gasteiger partial charge is 0.130 e. The zero-order chi connectivity index (χ0) is 21.1. The molecule has 3 heteroatoms. The summed E-state index contributed by atoms with van der Waals surface area (Å²) in [6.07, 6.45) is 10.4. The zero-order valence-electron chi connectivity index (χ0n) is 19.1. The third-order valence-electron chi connectivity index (χ3n) is 6.93. The standard InChI is InChI=1S/C24H46O3/c1-19(14-17-25)23(4,5)15-10-8-12-22(27)13-9-11-16-24(6,7)20(2)18-21(3)26/h17,19-20,22,27H,8-16,18H2,1-7H3. The predicted octanol–water partition coefficient (Wildman–Crippen LogP) is 6.36. The third kappa shape index (κ3) is 11.7. The lowest BCUT2D eigenvalue weighted by atomic mass is 9.74. The van der Waals surface area contributed by atoms with E-state index in [0.29, 0.717) is 24.7 Å². The molecule has 0 bridgehead atoms. The highest BCUT2D eigenvalue weighted by Crippen LogP contribution is 2.35. The molecular formula is C24H46O3. The number of aliphatic hydroxyl groups excluding tert-OH is 1. The maximum absolute atomic E-state index is 11.3. The minimum Gasteiger partial charge on any atom is -0.393 e. The molecule has 0 radical (unpaired) electrons. The first-order valence-electron chi connectivity index (χ1n) is 11.0. The van der Waals surface area contributed by atoms with Gasteiger partial charge in [-0.15, -0.1) is 0 Å². The number of unbranched alkanes of at least 4 members (excludes halogenated alkanes) is 2. The van der Waals surface area contributed by atoms with E-state index in [4.69, 9.17) is 0 Å². The Bertz CT molecular complexity index is 425. The minimum absolute atomic E-state index is 0.181. The fourth-order valence-corrected chi connectivity index (χ4v) is 3.73. The minimum atomic E-state index is -0.196. The van der Waals surface area contributed by atoms with Gasteiger partial charge in [0, 0.05) is 12.8 Å². The van der Waals surface area contributed by atoms with Crippen LogP contribution in [-0.2, 0) is 9.59 Å². The summed E-state index contributed by atoms with van der Waals surface area (Å²) in [5, 5.41) is 10.2. The van der Waals surface area contributed by atoms with Crippen molar-refractivity contribution in [1.29, 1.82) is 0 Å². The van der Waals surface area contributed by atoms with Gasteiger partial charge in [0.15, 0.2) is 0 Å². The number of aliphatic hydroxyl groups is 1. The lowest BCUT2D eigenvalue weighted by molar-refractivity contribution is -0.118. The quantitative estimate of drug-likeness (QED) is 0.249. The summed E-state index contributed by atoms with van der Waals surface area (Å²) in [4.78, 5) is 22.0. The van der Waals surface area contributed by atoms with Gasteiger partial charge in [-0.1, -0.05) is 67.2 Å². The molecule has 0 aliphatic heterocycles. The van der Waals surface area contributed by atoms with Gasteiger partial charge in [-0.3, -0.25) is 0 Å². The highest BCUT2D eigenvalue weighted by atomic mass is 16.3. The van der Waals surface area contributed by atoms with Gasteiger partial charge < -0.3 is 14.7 Å². The molecule has 0 aromatic carbocycles. The molecule has 0 amide bonds. The third-order valence-corrected chi connectivity index (χ3v) is 6.93. The maximum atomic E-state index is 11.3. The molecule has 3 nitrogen and oxygen atoms in total. The molecule has 0 saturated heterocycles. The molecule has 27 heavy (non-hydrogen) atoms. The first-order valence-corrected chi connectivity index (χ1v) is 11.0. The van der Waals surface area contributed by atoms with Gasteiger partial charge in [0.25, 0.3) is 0 Å². The SMILES string of the molecule is CC(=O)CC(C)C(C)(C)CCCCC(O)CCCCC(C)(C)C(C)CC=O. The van der Waals surface area contributed by atoms with Crippen LogP contribution >= 0.6 is 0 Å². The second-order valence-corrected chi connectivity index (χ2v) is 10.2. The number of ketones is 1. The molecule has 0 saturated carbocycles. The first-order chi connectivity index (χ1) is 12.4. The summed E-state index contributed by atoms with van der Waals surface area (Å²) in [5.74, 6) is 1.09. The largest absolute Gasteiger partial charge is 0.393 e. The van der Waals surface area contributed by atoms with Gasteiger partial charge in [-0.25, -0.2) is 0 Å². The van der Waals surface area contributed by atoms with E-state index < -0.39 is 0 Å². The van der Waals surface area contributed by atoms with Crippen molar-refractivity contribution in [3.05, 3.63) is 0 Å². The molecule has 0 aliphatic carbocycles. The predicted molar refractivity (Wildman–Crippen MR) is 115 cm³/mol. The van der Waals surface area contributed by atoms with E-state index >= 15 is 0 Å². The van der Waals surface area contributed by atoms with E-state index in [2.05, 4.69) is 41.5 Å². The maximum Gasteiger partial charge on any atom is 0.130 e. The molecule has 160 valence electrons. The van der Waals surface area contributed by atoms with Crippen molar-refractivity contribution < 1.29 is 14.7 Å². The fraction of sp³-hybridized carbons (Fsp3) is 0.917. The van der Waals surface area contributed by atoms with Crippen LogP contribution in [0.5, 0.6) is 0 Å². The summed E-state index contributed by atoms with van der Waals surface area (Å²) >= 11 is 0. The lowest BCUT2D eigenvalue weighted by Gasteiger charge is -2.31. The molecule has 3 atom stereocenters. The van der Waals surface area contributed by atoms with Crippen molar-refractivity contribution in [3.8, 4) is 0 Å². The molecule has 0 rings (SSSR count). The summed E-state index contributed by atoms with van der Waals surface area (Å²) < 4.78 is 0. The highest BCUT2D eigenvalue weighted by Gasteiger charge is 2.26. The number of carbonyl (C=O) groups excluding carboxylic acids is 2. The summed E-state index contributed by atoms with van der Waals surface area (Å²) in [6, 6.07) is 0. The van der Waals surface area contributed by atoms with Crippen LogP contribution in [-0.4, -0.2) is 23.3 Å². The normalized spacial score (nSPS) is 16.0. The van der Waals surface area contributed by atoms with E-state index in [-0.39, 0.29) is 22.7 Å². The summed E-state index contributed by atoms with van der Waals surface area (Å²) in [5.41, 5.74) is 0.369. The van der Waals surface area contributed by atoms with Crippen molar-refractivity contribution in [1.82, 2.24) is 0 Å². The van der Waals surface area contributed by atoms with Gasteiger partial charge in [-0.2, -0.15) is 0 Å². The van der Waals surface area contributed by atoms with E-state index in [1.165, 1.54) is 0 Å². The van der Waals surface area contributed by atoms with Crippen molar-refractivity contribution in [2.24, 2.45) is 22.7 Å². The number of rotatable bonds is 16. The van der Waals surface area contributed by atoms with E-state index in [1.54, 1.807) is 6.92 Å². The fourth-order valence-electron chi connectivity index (χ4n) is 3.73. The van der Waals surface area contributed by atoms with Crippen LogP contribution in [0.3, 0.4) is 0 Å². The van der Waals surface area contributed by atoms with Crippen LogP contribution in [0, 0.1) is 22.7 Å². The van der Waals surface area contributed by atoms with E-state index in [1.807, 2.05) is 0 Å². The summed E-state index contributed by atoms with van der Waals surface area (Å²) in [7, 11) is 0. The van der Waals surface area contributed by atoms with E-state index in [0.717, 1.165) is 57.7 Å². The molecule has 1 N–H and O–H groups in total. The van der Waals surface area contributed by atoms with Gasteiger partial charge in [0.2, 0.25) is 0 Å². The van der Waals surface area contributed by atoms with Crippen molar-refractivity contribution in [2.45, 2.75) is 119 Å². The lowest BCUT2D eigenvalue weighted by Crippen LogP contribution is -2.23. The van der Waals surface area contributed by atoms with Crippen LogP contribution in [0.25, 0.3) is 0 Å². The highest BCUT2D eigenvalue weighted by molar-refractivity contribution is 5.75. The molecular weight excluding hydrogens is 336 g/mol. The number of hydrogen-bond donors (Lipinski definition) is 1. The second kappa shape index (κ2) is 12.7. The monoisotopic (exact) mass is 382 g/mol. The number of aldehydes is 1. The average molecular weight is 383 g/mol.